The van der Waals surface area contributed by atoms with Crippen LogP contribution in [0.15, 0.2) is 18.2 Å². The molecular weight excluding hydrogens is 218 g/mol. The minimum atomic E-state index is 0.318. The minimum absolute atomic E-state index is 0.318. The van der Waals surface area contributed by atoms with Crippen molar-refractivity contribution in [2.45, 2.75) is 19.4 Å². The monoisotopic (exact) mass is 233 g/mol. The molecule has 16 heavy (non-hydrogen) atoms. The van der Waals surface area contributed by atoms with Gasteiger partial charge in [-0.15, -0.1) is 11.8 Å². The molecule has 3 rings (SSSR count). The molecule has 1 aliphatic carbocycles. The zero-order valence-corrected chi connectivity index (χ0v) is 10.1. The lowest BCUT2D eigenvalue weighted by atomic mass is 10.1. The molecule has 3 heteroatoms. The molecule has 2 nitrogen and oxygen atoms in total. The van der Waals surface area contributed by atoms with Crippen LogP contribution in [0.25, 0.3) is 0 Å². The zero-order chi connectivity index (χ0) is 11.0. The van der Waals surface area contributed by atoms with Gasteiger partial charge in [-0.2, -0.15) is 0 Å². The first-order valence-corrected chi connectivity index (χ1v) is 6.93. The van der Waals surface area contributed by atoms with Crippen molar-refractivity contribution in [3.05, 3.63) is 34.9 Å². The molecule has 0 unspecified atom stereocenters. The number of hydrogen-bond acceptors (Lipinski definition) is 3. The minimum Gasteiger partial charge on any atom is -0.294 e. The van der Waals surface area contributed by atoms with Crippen molar-refractivity contribution in [1.82, 2.24) is 4.90 Å². The lowest BCUT2D eigenvalue weighted by molar-refractivity contribution is 0.0994. The summed E-state index contributed by atoms with van der Waals surface area (Å²) in [7, 11) is 0. The number of aryl methyl sites for hydroxylation is 1. The second-order valence-corrected chi connectivity index (χ2v) is 5.58. The number of rotatable bonds is 2. The standard InChI is InChI=1S/C13H15NOS/c15-13-4-2-11-7-10(1-3-12(11)13)8-14-5-6-16-9-14/h1,3,7H,2,4-6,8-9H2. The van der Waals surface area contributed by atoms with E-state index in [1.807, 2.05) is 17.8 Å². The average Bonchev–Trinajstić information content (AvgIpc) is 2.90. The maximum Gasteiger partial charge on any atom is 0.163 e. The summed E-state index contributed by atoms with van der Waals surface area (Å²) >= 11 is 2.00. The molecule has 1 heterocycles. The van der Waals surface area contributed by atoms with Gasteiger partial charge in [0.25, 0.3) is 0 Å². The number of carbonyl (C=O) groups is 1. The first-order valence-electron chi connectivity index (χ1n) is 5.78. The molecule has 0 bridgehead atoms. The Morgan fingerprint density at radius 2 is 2.25 bits per heavy atom. The number of thioether (sulfide) groups is 1. The molecule has 1 aromatic rings. The van der Waals surface area contributed by atoms with Crippen LogP contribution in [-0.4, -0.2) is 28.9 Å². The molecule has 1 saturated heterocycles. The third-order valence-electron chi connectivity index (χ3n) is 3.32. The van der Waals surface area contributed by atoms with Gasteiger partial charge in [-0.3, -0.25) is 9.69 Å². The molecule has 0 radical (unpaired) electrons. The molecule has 0 aromatic heterocycles. The van der Waals surface area contributed by atoms with Crippen molar-refractivity contribution in [1.29, 1.82) is 0 Å². The second kappa shape index (κ2) is 4.22. The number of ketones is 1. The molecule has 1 fully saturated rings. The topological polar surface area (TPSA) is 20.3 Å². The van der Waals surface area contributed by atoms with Crippen LogP contribution in [0, 0.1) is 0 Å². The van der Waals surface area contributed by atoms with Gasteiger partial charge >= 0.3 is 0 Å². The summed E-state index contributed by atoms with van der Waals surface area (Å²) in [5.41, 5.74) is 3.57. The van der Waals surface area contributed by atoms with Crippen molar-refractivity contribution in [2.24, 2.45) is 0 Å². The quantitative estimate of drug-likeness (QED) is 0.782. The Morgan fingerprint density at radius 3 is 3.06 bits per heavy atom. The normalized spacial score (nSPS) is 20.4. The number of Topliss-reactive ketones (excluding diaryl/α,β-unsaturated/α-hetero) is 1. The summed E-state index contributed by atoms with van der Waals surface area (Å²) < 4.78 is 0. The van der Waals surface area contributed by atoms with Gasteiger partial charge in [0.15, 0.2) is 5.78 Å². The van der Waals surface area contributed by atoms with Crippen LogP contribution >= 0.6 is 11.8 Å². The highest BCUT2D eigenvalue weighted by Crippen LogP contribution is 2.24. The van der Waals surface area contributed by atoms with Crippen LogP contribution in [0.3, 0.4) is 0 Å². The Kier molecular flexibility index (Phi) is 2.74. The SMILES string of the molecule is O=C1CCc2cc(CN3CCSC3)ccc21. The van der Waals surface area contributed by atoms with E-state index in [0.717, 1.165) is 24.4 Å². The number of hydrogen-bond donors (Lipinski definition) is 0. The summed E-state index contributed by atoms with van der Waals surface area (Å²) in [6.07, 6.45) is 1.65. The Labute approximate surface area is 100 Å². The van der Waals surface area contributed by atoms with E-state index >= 15 is 0 Å². The lowest BCUT2D eigenvalue weighted by Gasteiger charge is -2.14. The van der Waals surface area contributed by atoms with Gasteiger partial charge in [-0.25, -0.2) is 0 Å². The maximum absolute atomic E-state index is 11.5. The molecule has 0 N–H and O–H groups in total. The average molecular weight is 233 g/mol. The van der Waals surface area contributed by atoms with Crippen LogP contribution in [0.2, 0.25) is 0 Å². The van der Waals surface area contributed by atoms with Crippen LogP contribution in [0.4, 0.5) is 0 Å². The van der Waals surface area contributed by atoms with Gasteiger partial charge < -0.3 is 0 Å². The van der Waals surface area contributed by atoms with Crippen molar-refractivity contribution in [3.8, 4) is 0 Å². The van der Waals surface area contributed by atoms with Gasteiger partial charge in [0.2, 0.25) is 0 Å². The summed E-state index contributed by atoms with van der Waals surface area (Å²) in [6.45, 7) is 2.23. The van der Waals surface area contributed by atoms with E-state index in [1.54, 1.807) is 0 Å². The predicted molar refractivity (Wildman–Crippen MR) is 66.8 cm³/mol. The maximum atomic E-state index is 11.5. The Hall–Kier alpha value is -0.800. The van der Waals surface area contributed by atoms with E-state index in [0.29, 0.717) is 12.2 Å². The molecule has 1 aromatic carbocycles. The highest BCUT2D eigenvalue weighted by molar-refractivity contribution is 7.99. The van der Waals surface area contributed by atoms with Crippen LogP contribution in [0.1, 0.15) is 27.9 Å². The molecule has 84 valence electrons. The molecule has 0 spiro atoms. The van der Waals surface area contributed by atoms with E-state index in [-0.39, 0.29) is 0 Å². The fraction of sp³-hybridized carbons (Fsp3) is 0.462. The third-order valence-corrected chi connectivity index (χ3v) is 4.34. The van der Waals surface area contributed by atoms with E-state index in [2.05, 4.69) is 17.0 Å². The summed E-state index contributed by atoms with van der Waals surface area (Å²) in [5, 5.41) is 0. The fourth-order valence-electron chi connectivity index (χ4n) is 2.44. The highest BCUT2D eigenvalue weighted by Gasteiger charge is 2.20. The predicted octanol–water partition coefficient (Wildman–Crippen LogP) is 2.32. The van der Waals surface area contributed by atoms with E-state index in [9.17, 15) is 4.79 Å². The molecule has 0 atom stereocenters. The van der Waals surface area contributed by atoms with Crippen molar-refractivity contribution in [3.63, 3.8) is 0 Å². The fourth-order valence-corrected chi connectivity index (χ4v) is 3.44. The third kappa shape index (κ3) is 1.89. The van der Waals surface area contributed by atoms with Gasteiger partial charge in [0, 0.05) is 36.7 Å². The van der Waals surface area contributed by atoms with Crippen LogP contribution in [-0.2, 0) is 13.0 Å². The Bertz CT molecular complexity index is 424. The van der Waals surface area contributed by atoms with E-state index < -0.39 is 0 Å². The number of fused-ring (bicyclic) bond motifs is 1. The first kappa shape index (κ1) is 10.4. The Balaban J connectivity index is 1.79. The lowest BCUT2D eigenvalue weighted by Crippen LogP contribution is -2.18. The molecule has 2 aliphatic rings. The summed E-state index contributed by atoms with van der Waals surface area (Å²) in [4.78, 5) is 14.0. The van der Waals surface area contributed by atoms with E-state index in [4.69, 9.17) is 0 Å². The Morgan fingerprint density at radius 1 is 1.31 bits per heavy atom. The second-order valence-electron chi connectivity index (χ2n) is 4.50. The molecule has 0 saturated carbocycles. The highest BCUT2D eigenvalue weighted by atomic mass is 32.2. The van der Waals surface area contributed by atoms with Gasteiger partial charge in [0.05, 0.1) is 0 Å². The van der Waals surface area contributed by atoms with Crippen molar-refractivity contribution in [2.75, 3.05) is 18.2 Å². The summed E-state index contributed by atoms with van der Waals surface area (Å²) in [6, 6.07) is 6.36. The molecular formula is C13H15NOS. The van der Waals surface area contributed by atoms with Crippen LogP contribution in [0.5, 0.6) is 0 Å². The van der Waals surface area contributed by atoms with Gasteiger partial charge in [-0.1, -0.05) is 18.2 Å². The largest absolute Gasteiger partial charge is 0.294 e. The molecule has 0 amide bonds. The van der Waals surface area contributed by atoms with Crippen molar-refractivity contribution < 1.29 is 4.79 Å². The van der Waals surface area contributed by atoms with Crippen LogP contribution < -0.4 is 0 Å². The van der Waals surface area contributed by atoms with E-state index in [1.165, 1.54) is 23.4 Å². The number of carbonyl (C=O) groups excluding carboxylic acids is 1. The smallest absolute Gasteiger partial charge is 0.163 e. The van der Waals surface area contributed by atoms with Gasteiger partial charge in [-0.05, 0) is 17.5 Å². The first-order chi connectivity index (χ1) is 7.83. The zero-order valence-electron chi connectivity index (χ0n) is 9.24. The van der Waals surface area contributed by atoms with Crippen molar-refractivity contribution >= 4 is 17.5 Å². The molecule has 1 aliphatic heterocycles. The summed E-state index contributed by atoms with van der Waals surface area (Å²) in [5.74, 6) is 2.72. The number of nitrogens with zero attached hydrogens (tertiary/aromatic N) is 1. The van der Waals surface area contributed by atoms with Gasteiger partial charge in [0.1, 0.15) is 0 Å². The number of benzene rings is 1.